The van der Waals surface area contributed by atoms with E-state index < -0.39 is 0 Å². The Morgan fingerprint density at radius 2 is 1.94 bits per heavy atom. The average molecular weight is 226 g/mol. The van der Waals surface area contributed by atoms with Gasteiger partial charge in [0.1, 0.15) is 0 Å². The molecule has 2 N–H and O–H groups in total. The normalized spacial score (nSPS) is 32.4. The van der Waals surface area contributed by atoms with Crippen LogP contribution in [0.3, 0.4) is 0 Å². The van der Waals surface area contributed by atoms with Crippen LogP contribution in [0.25, 0.3) is 0 Å². The summed E-state index contributed by atoms with van der Waals surface area (Å²) in [5, 5.41) is 13.5. The van der Waals surface area contributed by atoms with Gasteiger partial charge in [0.2, 0.25) is 0 Å². The Morgan fingerprint density at radius 3 is 2.50 bits per heavy atom. The van der Waals surface area contributed by atoms with Crippen molar-refractivity contribution >= 4 is 0 Å². The molecule has 0 spiro atoms. The second-order valence-electron chi connectivity index (χ2n) is 5.28. The van der Waals surface area contributed by atoms with E-state index in [9.17, 15) is 5.11 Å². The van der Waals surface area contributed by atoms with Crippen molar-refractivity contribution in [2.45, 2.75) is 63.6 Å². The van der Waals surface area contributed by atoms with Gasteiger partial charge in [0.15, 0.2) is 0 Å². The van der Waals surface area contributed by atoms with Crippen LogP contribution in [0, 0.1) is 0 Å². The predicted octanol–water partition coefficient (Wildman–Crippen LogP) is 1.36. The van der Waals surface area contributed by atoms with E-state index in [2.05, 4.69) is 17.1 Å². The maximum Gasteiger partial charge on any atom is 0.0695 e. The van der Waals surface area contributed by atoms with Crippen LogP contribution in [0.5, 0.6) is 0 Å². The van der Waals surface area contributed by atoms with E-state index in [4.69, 9.17) is 0 Å². The fourth-order valence-corrected chi connectivity index (χ4v) is 3.32. The van der Waals surface area contributed by atoms with Crippen molar-refractivity contribution in [2.75, 3.05) is 19.6 Å². The lowest BCUT2D eigenvalue weighted by Gasteiger charge is -2.39. The number of aliphatic hydroxyl groups excluding tert-OH is 1. The standard InChI is InChI=1S/C13H26N2O/c1-2-10-15(11-6-8-14-9-7-11)12-4-3-5-13(12)16/h11-14,16H,2-10H2,1H3. The lowest BCUT2D eigenvalue weighted by molar-refractivity contribution is 0.0331. The molecule has 1 saturated heterocycles. The number of aliphatic hydroxyl groups is 1. The molecule has 2 unspecified atom stereocenters. The summed E-state index contributed by atoms with van der Waals surface area (Å²) >= 11 is 0. The number of rotatable bonds is 4. The number of nitrogens with one attached hydrogen (secondary N) is 1. The first kappa shape index (κ1) is 12.3. The van der Waals surface area contributed by atoms with Crippen LogP contribution in [-0.2, 0) is 0 Å². The van der Waals surface area contributed by atoms with Crippen molar-refractivity contribution in [2.24, 2.45) is 0 Å². The van der Waals surface area contributed by atoms with Gasteiger partial charge in [0.25, 0.3) is 0 Å². The zero-order valence-corrected chi connectivity index (χ0v) is 10.5. The largest absolute Gasteiger partial charge is 0.391 e. The molecule has 0 aromatic heterocycles. The second-order valence-corrected chi connectivity index (χ2v) is 5.28. The van der Waals surface area contributed by atoms with Gasteiger partial charge in [-0.15, -0.1) is 0 Å². The van der Waals surface area contributed by atoms with Crippen molar-refractivity contribution in [3.8, 4) is 0 Å². The summed E-state index contributed by atoms with van der Waals surface area (Å²) in [6, 6.07) is 1.15. The zero-order valence-electron chi connectivity index (χ0n) is 10.5. The highest BCUT2D eigenvalue weighted by Crippen LogP contribution is 2.28. The topological polar surface area (TPSA) is 35.5 Å². The quantitative estimate of drug-likeness (QED) is 0.760. The third kappa shape index (κ3) is 2.76. The van der Waals surface area contributed by atoms with Gasteiger partial charge in [-0.1, -0.05) is 6.92 Å². The average Bonchev–Trinajstić information content (AvgIpc) is 2.73. The first-order chi connectivity index (χ1) is 7.83. The van der Waals surface area contributed by atoms with Crippen LogP contribution in [0.1, 0.15) is 45.4 Å². The molecule has 2 aliphatic rings. The van der Waals surface area contributed by atoms with Crippen LogP contribution in [-0.4, -0.2) is 47.8 Å². The van der Waals surface area contributed by atoms with Crippen LogP contribution in [0.4, 0.5) is 0 Å². The molecule has 1 aliphatic carbocycles. The maximum absolute atomic E-state index is 10.1. The molecule has 0 aromatic carbocycles. The Kier molecular flexibility index (Phi) is 4.62. The van der Waals surface area contributed by atoms with E-state index in [0.717, 1.165) is 26.1 Å². The summed E-state index contributed by atoms with van der Waals surface area (Å²) in [7, 11) is 0. The SMILES string of the molecule is CCCN(C1CCNCC1)C1CCCC1O. The first-order valence-corrected chi connectivity index (χ1v) is 6.97. The summed E-state index contributed by atoms with van der Waals surface area (Å²) in [6.07, 6.45) is 7.05. The lowest BCUT2D eigenvalue weighted by atomic mass is 10.0. The smallest absolute Gasteiger partial charge is 0.0695 e. The molecule has 3 nitrogen and oxygen atoms in total. The summed E-state index contributed by atoms with van der Waals surface area (Å²) < 4.78 is 0. The highest BCUT2D eigenvalue weighted by Gasteiger charge is 2.34. The van der Waals surface area contributed by atoms with Crippen molar-refractivity contribution in [1.29, 1.82) is 0 Å². The number of nitrogens with zero attached hydrogens (tertiary/aromatic N) is 1. The molecule has 2 atom stereocenters. The van der Waals surface area contributed by atoms with Gasteiger partial charge in [-0.25, -0.2) is 0 Å². The van der Waals surface area contributed by atoms with E-state index >= 15 is 0 Å². The minimum atomic E-state index is -0.0681. The number of hydrogen-bond acceptors (Lipinski definition) is 3. The predicted molar refractivity (Wildman–Crippen MR) is 66.5 cm³/mol. The summed E-state index contributed by atoms with van der Waals surface area (Å²) in [4.78, 5) is 2.61. The maximum atomic E-state index is 10.1. The van der Waals surface area contributed by atoms with Gasteiger partial charge >= 0.3 is 0 Å². The first-order valence-electron chi connectivity index (χ1n) is 6.97. The fraction of sp³-hybridized carbons (Fsp3) is 1.00. The van der Waals surface area contributed by atoms with Crippen LogP contribution >= 0.6 is 0 Å². The van der Waals surface area contributed by atoms with Gasteiger partial charge in [0.05, 0.1) is 6.10 Å². The number of piperidine rings is 1. The third-order valence-electron chi connectivity index (χ3n) is 4.13. The molecule has 0 amide bonds. The Bertz CT molecular complexity index is 204. The summed E-state index contributed by atoms with van der Waals surface area (Å²) in [6.45, 7) is 5.70. The molecule has 1 aliphatic heterocycles. The Labute approximate surface area is 99.2 Å². The molecule has 2 rings (SSSR count). The van der Waals surface area contributed by atoms with Crippen molar-refractivity contribution < 1.29 is 5.11 Å². The lowest BCUT2D eigenvalue weighted by Crippen LogP contribution is -2.50. The third-order valence-corrected chi connectivity index (χ3v) is 4.13. The van der Waals surface area contributed by atoms with Gasteiger partial charge in [-0.05, 0) is 58.2 Å². The van der Waals surface area contributed by atoms with Crippen molar-refractivity contribution in [3.63, 3.8) is 0 Å². The van der Waals surface area contributed by atoms with Crippen molar-refractivity contribution in [3.05, 3.63) is 0 Å². The molecular formula is C13H26N2O. The Morgan fingerprint density at radius 1 is 1.19 bits per heavy atom. The monoisotopic (exact) mass is 226 g/mol. The zero-order chi connectivity index (χ0) is 11.4. The minimum Gasteiger partial charge on any atom is -0.391 e. The molecule has 3 heteroatoms. The fourth-order valence-electron chi connectivity index (χ4n) is 3.32. The van der Waals surface area contributed by atoms with Gasteiger partial charge in [-0.3, -0.25) is 4.90 Å². The van der Waals surface area contributed by atoms with Gasteiger partial charge in [-0.2, -0.15) is 0 Å². The summed E-state index contributed by atoms with van der Waals surface area (Å²) in [5.74, 6) is 0. The van der Waals surface area contributed by atoms with E-state index in [-0.39, 0.29) is 6.10 Å². The van der Waals surface area contributed by atoms with E-state index in [0.29, 0.717) is 12.1 Å². The number of hydrogen-bond donors (Lipinski definition) is 2. The van der Waals surface area contributed by atoms with Crippen LogP contribution in [0.15, 0.2) is 0 Å². The van der Waals surface area contributed by atoms with Gasteiger partial charge in [0, 0.05) is 12.1 Å². The molecule has 1 saturated carbocycles. The molecular weight excluding hydrogens is 200 g/mol. The molecule has 0 radical (unpaired) electrons. The second kappa shape index (κ2) is 5.99. The highest BCUT2D eigenvalue weighted by atomic mass is 16.3. The molecule has 16 heavy (non-hydrogen) atoms. The molecule has 2 fully saturated rings. The van der Waals surface area contributed by atoms with Crippen LogP contribution in [0.2, 0.25) is 0 Å². The van der Waals surface area contributed by atoms with E-state index in [1.165, 1.54) is 32.1 Å². The Hall–Kier alpha value is -0.120. The van der Waals surface area contributed by atoms with Crippen LogP contribution < -0.4 is 5.32 Å². The molecule has 94 valence electrons. The van der Waals surface area contributed by atoms with E-state index in [1.807, 2.05) is 0 Å². The highest BCUT2D eigenvalue weighted by molar-refractivity contribution is 4.90. The van der Waals surface area contributed by atoms with Gasteiger partial charge < -0.3 is 10.4 Å². The summed E-state index contributed by atoms with van der Waals surface area (Å²) in [5.41, 5.74) is 0. The molecule has 0 bridgehead atoms. The Balaban J connectivity index is 1.97. The van der Waals surface area contributed by atoms with Crippen molar-refractivity contribution in [1.82, 2.24) is 10.2 Å². The minimum absolute atomic E-state index is 0.0681. The molecule has 1 heterocycles. The van der Waals surface area contributed by atoms with E-state index in [1.54, 1.807) is 0 Å². The molecule has 0 aromatic rings.